The minimum Gasteiger partial charge on any atom is -0.288 e. The van der Waals surface area contributed by atoms with Gasteiger partial charge in [0.25, 0.3) is 5.78 Å². The second kappa shape index (κ2) is 5.51. The van der Waals surface area contributed by atoms with Gasteiger partial charge in [0, 0.05) is 7.05 Å². The van der Waals surface area contributed by atoms with Crippen LogP contribution in [0.1, 0.15) is 5.56 Å². The third-order valence-electron chi connectivity index (χ3n) is 2.28. The molecule has 0 N–H and O–H groups in total. The number of carbonyl (C=O) groups is 1. The molecule has 0 radical (unpaired) electrons. The summed E-state index contributed by atoms with van der Waals surface area (Å²) in [5, 5.41) is 0. The van der Waals surface area contributed by atoms with Gasteiger partial charge in [0.2, 0.25) is 0 Å². The summed E-state index contributed by atoms with van der Waals surface area (Å²) in [6.07, 6.45) is -4.94. The molecule has 0 aliphatic carbocycles. The van der Waals surface area contributed by atoms with Crippen molar-refractivity contribution >= 4 is 17.6 Å². The minimum absolute atomic E-state index is 0.0703. The van der Waals surface area contributed by atoms with Gasteiger partial charge in [-0.1, -0.05) is 30.3 Å². The maximum absolute atomic E-state index is 12.3. The van der Waals surface area contributed by atoms with Gasteiger partial charge < -0.3 is 0 Å². The predicted molar refractivity (Wildman–Crippen MR) is 58.6 cm³/mol. The van der Waals surface area contributed by atoms with Gasteiger partial charge in [-0.05, 0) is 23.8 Å². The average Bonchev–Trinajstić information content (AvgIpc) is 2.24. The lowest BCUT2D eigenvalue weighted by atomic mass is 10.0. The molecule has 1 unspecified atom stereocenters. The van der Waals surface area contributed by atoms with Crippen LogP contribution in [0.4, 0.5) is 13.2 Å². The fourth-order valence-corrected chi connectivity index (χ4v) is 1.56. The normalized spacial score (nSPS) is 13.8. The van der Waals surface area contributed by atoms with Gasteiger partial charge in [0.1, 0.15) is 0 Å². The SMILES string of the molecule is CN(Cl)C(Cc1ccccc1)C(=O)C(F)(F)F. The van der Waals surface area contributed by atoms with Gasteiger partial charge in [-0.3, -0.25) is 4.79 Å². The number of nitrogens with zero attached hydrogens (tertiary/aromatic N) is 1. The van der Waals surface area contributed by atoms with E-state index in [0.717, 1.165) is 4.42 Å². The molecule has 1 atom stereocenters. The summed E-state index contributed by atoms with van der Waals surface area (Å²) in [5.74, 6) is -1.83. The number of likely N-dealkylation sites (N-methyl/N-ethyl adjacent to an activating group) is 1. The van der Waals surface area contributed by atoms with Crippen LogP contribution < -0.4 is 0 Å². The molecule has 2 nitrogen and oxygen atoms in total. The van der Waals surface area contributed by atoms with Crippen LogP contribution in [0.2, 0.25) is 0 Å². The zero-order valence-electron chi connectivity index (χ0n) is 9.04. The van der Waals surface area contributed by atoms with Gasteiger partial charge in [-0.2, -0.15) is 13.2 Å². The Bertz CT molecular complexity index is 378. The molecule has 0 spiro atoms. The monoisotopic (exact) mass is 265 g/mol. The number of Topliss-reactive ketones (excluding diaryl/α,β-unsaturated/α-hetero) is 1. The van der Waals surface area contributed by atoms with E-state index >= 15 is 0 Å². The largest absolute Gasteiger partial charge is 0.451 e. The molecule has 0 saturated heterocycles. The summed E-state index contributed by atoms with van der Waals surface area (Å²) in [6.45, 7) is 0. The van der Waals surface area contributed by atoms with Crippen LogP contribution >= 0.6 is 11.8 Å². The molecule has 0 aliphatic heterocycles. The van der Waals surface area contributed by atoms with Crippen LogP contribution in [0.5, 0.6) is 0 Å². The topological polar surface area (TPSA) is 20.3 Å². The number of ketones is 1. The molecule has 1 rings (SSSR count). The number of alkyl halides is 3. The van der Waals surface area contributed by atoms with Crippen molar-refractivity contribution in [3.63, 3.8) is 0 Å². The third kappa shape index (κ3) is 4.02. The molecule has 1 aromatic carbocycles. The van der Waals surface area contributed by atoms with Crippen molar-refractivity contribution in [2.75, 3.05) is 7.05 Å². The van der Waals surface area contributed by atoms with E-state index in [1.165, 1.54) is 7.05 Å². The second-order valence-electron chi connectivity index (χ2n) is 3.59. The molecule has 17 heavy (non-hydrogen) atoms. The number of rotatable bonds is 4. The lowest BCUT2D eigenvalue weighted by molar-refractivity contribution is -0.174. The standard InChI is InChI=1S/C11H11ClF3NO/c1-16(12)9(10(17)11(13,14)15)7-8-5-3-2-4-6-8/h2-6,9H,7H2,1H3. The van der Waals surface area contributed by atoms with Crippen molar-refractivity contribution in [1.29, 1.82) is 0 Å². The van der Waals surface area contributed by atoms with E-state index in [1.807, 2.05) is 0 Å². The number of halogens is 4. The molecule has 1 aromatic rings. The Labute approximate surface area is 102 Å². The van der Waals surface area contributed by atoms with E-state index in [4.69, 9.17) is 11.8 Å². The molecule has 6 heteroatoms. The molecule has 0 fully saturated rings. The van der Waals surface area contributed by atoms with Gasteiger partial charge in [0.05, 0.1) is 6.04 Å². The highest BCUT2D eigenvalue weighted by Gasteiger charge is 2.44. The van der Waals surface area contributed by atoms with Crippen LogP contribution in [0.25, 0.3) is 0 Å². The molecule has 0 saturated carbocycles. The van der Waals surface area contributed by atoms with E-state index in [9.17, 15) is 18.0 Å². The van der Waals surface area contributed by atoms with Crippen LogP contribution in [0.3, 0.4) is 0 Å². The fraction of sp³-hybridized carbons (Fsp3) is 0.364. The molecular formula is C11H11ClF3NO. The van der Waals surface area contributed by atoms with Gasteiger partial charge in [0.15, 0.2) is 0 Å². The van der Waals surface area contributed by atoms with E-state index in [0.29, 0.717) is 5.56 Å². The van der Waals surface area contributed by atoms with Crippen molar-refractivity contribution < 1.29 is 18.0 Å². The Morgan fingerprint density at radius 3 is 2.29 bits per heavy atom. The maximum atomic E-state index is 12.3. The molecule has 0 bridgehead atoms. The first-order valence-corrected chi connectivity index (χ1v) is 5.19. The Kier molecular flexibility index (Phi) is 4.54. The fourth-order valence-electron chi connectivity index (χ4n) is 1.41. The number of hydrogen-bond acceptors (Lipinski definition) is 2. The summed E-state index contributed by atoms with van der Waals surface area (Å²) >= 11 is 5.51. The Morgan fingerprint density at radius 1 is 1.35 bits per heavy atom. The highest BCUT2D eigenvalue weighted by atomic mass is 35.5. The van der Waals surface area contributed by atoms with E-state index in [2.05, 4.69) is 0 Å². The first kappa shape index (κ1) is 14.0. The van der Waals surface area contributed by atoms with Gasteiger partial charge >= 0.3 is 6.18 Å². The average molecular weight is 266 g/mol. The highest BCUT2D eigenvalue weighted by molar-refractivity contribution is 6.15. The van der Waals surface area contributed by atoms with Crippen LogP contribution in [-0.2, 0) is 11.2 Å². The Hall–Kier alpha value is -1.07. The lowest BCUT2D eigenvalue weighted by Gasteiger charge is -2.21. The number of benzene rings is 1. The summed E-state index contributed by atoms with van der Waals surface area (Å²) in [4.78, 5) is 11.2. The highest BCUT2D eigenvalue weighted by Crippen LogP contribution is 2.22. The van der Waals surface area contributed by atoms with Crippen molar-refractivity contribution in [2.45, 2.75) is 18.6 Å². The summed E-state index contributed by atoms with van der Waals surface area (Å²) < 4.78 is 37.7. The van der Waals surface area contributed by atoms with E-state index in [-0.39, 0.29) is 6.42 Å². The molecule has 0 aromatic heterocycles. The summed E-state index contributed by atoms with van der Waals surface area (Å²) in [6, 6.07) is 7.03. The number of carbonyl (C=O) groups excluding carboxylic acids is 1. The predicted octanol–water partition coefficient (Wildman–Crippen LogP) is 2.81. The van der Waals surface area contributed by atoms with E-state index in [1.54, 1.807) is 30.3 Å². The Balaban J connectivity index is 2.85. The van der Waals surface area contributed by atoms with E-state index < -0.39 is 18.0 Å². The third-order valence-corrected chi connectivity index (χ3v) is 2.52. The first-order valence-electron chi connectivity index (χ1n) is 4.86. The zero-order chi connectivity index (χ0) is 13.1. The molecule has 0 amide bonds. The number of hydrogen-bond donors (Lipinski definition) is 0. The van der Waals surface area contributed by atoms with Crippen LogP contribution in [0, 0.1) is 0 Å². The molecular weight excluding hydrogens is 255 g/mol. The van der Waals surface area contributed by atoms with Crippen molar-refractivity contribution in [1.82, 2.24) is 4.42 Å². The Morgan fingerprint density at radius 2 is 1.88 bits per heavy atom. The van der Waals surface area contributed by atoms with Crippen LogP contribution in [0.15, 0.2) is 30.3 Å². The second-order valence-corrected chi connectivity index (χ2v) is 4.13. The van der Waals surface area contributed by atoms with Crippen molar-refractivity contribution in [2.24, 2.45) is 0 Å². The molecule has 0 heterocycles. The summed E-state index contributed by atoms with van der Waals surface area (Å²) in [7, 11) is 1.23. The lowest BCUT2D eigenvalue weighted by Crippen LogP contribution is -2.42. The van der Waals surface area contributed by atoms with Crippen molar-refractivity contribution in [3.8, 4) is 0 Å². The van der Waals surface area contributed by atoms with Crippen LogP contribution in [-0.4, -0.2) is 29.5 Å². The van der Waals surface area contributed by atoms with Gasteiger partial charge in [-0.15, -0.1) is 0 Å². The first-order chi connectivity index (χ1) is 7.82. The molecule has 94 valence electrons. The van der Waals surface area contributed by atoms with Crippen molar-refractivity contribution in [3.05, 3.63) is 35.9 Å². The minimum atomic E-state index is -4.87. The summed E-state index contributed by atoms with van der Waals surface area (Å²) in [5.41, 5.74) is 0.627. The zero-order valence-corrected chi connectivity index (χ0v) is 9.79. The quantitative estimate of drug-likeness (QED) is 0.781. The van der Waals surface area contributed by atoms with Gasteiger partial charge in [-0.25, -0.2) is 4.42 Å². The maximum Gasteiger partial charge on any atom is 0.451 e. The smallest absolute Gasteiger partial charge is 0.288 e. The molecule has 0 aliphatic rings.